The molecular formula is C7H9NO6S3. The highest BCUT2D eigenvalue weighted by molar-refractivity contribution is 7.95. The van der Waals surface area contributed by atoms with E-state index in [0.29, 0.717) is 11.3 Å². The number of sulfone groups is 1. The Morgan fingerprint density at radius 1 is 1.41 bits per heavy atom. The van der Waals surface area contributed by atoms with Crippen LogP contribution in [-0.4, -0.2) is 38.9 Å². The highest BCUT2D eigenvalue weighted by atomic mass is 32.3. The van der Waals surface area contributed by atoms with E-state index < -0.39 is 37.8 Å². The maximum absolute atomic E-state index is 11.7. The molecule has 17 heavy (non-hydrogen) atoms. The van der Waals surface area contributed by atoms with Gasteiger partial charge in [0.25, 0.3) is 0 Å². The summed E-state index contributed by atoms with van der Waals surface area (Å²) in [6.45, 7) is 0. The van der Waals surface area contributed by atoms with E-state index in [1.807, 2.05) is 0 Å². The normalized spacial score (nSPS) is 27.7. The number of sulfonamides is 1. The van der Waals surface area contributed by atoms with Crippen LogP contribution in [0.2, 0.25) is 0 Å². The van der Waals surface area contributed by atoms with Crippen molar-refractivity contribution < 1.29 is 27.0 Å². The van der Waals surface area contributed by atoms with E-state index in [1.165, 1.54) is 0 Å². The van der Waals surface area contributed by atoms with Crippen molar-refractivity contribution in [2.45, 2.75) is 20.6 Å². The van der Waals surface area contributed by atoms with Crippen LogP contribution in [-0.2, 0) is 19.9 Å². The molecule has 0 bridgehead atoms. The van der Waals surface area contributed by atoms with Crippen LogP contribution in [0.4, 0.5) is 0 Å². The molecule has 1 aromatic rings. The average molecular weight is 299 g/mol. The molecule has 1 aromatic heterocycles. The van der Waals surface area contributed by atoms with Crippen LogP contribution in [0.25, 0.3) is 0 Å². The lowest BCUT2D eigenvalue weighted by Crippen LogP contribution is -2.32. The fourth-order valence-corrected chi connectivity index (χ4v) is 5.69. The van der Waals surface area contributed by atoms with E-state index >= 15 is 0 Å². The monoisotopic (exact) mass is 299 g/mol. The molecule has 0 amide bonds. The van der Waals surface area contributed by atoms with Gasteiger partial charge < -0.3 is 10.2 Å². The predicted octanol–water partition coefficient (Wildman–Crippen LogP) is -1.42. The third-order valence-electron chi connectivity index (χ3n) is 2.34. The Bertz CT molecular complexity index is 658. The van der Waals surface area contributed by atoms with E-state index in [-0.39, 0.29) is 14.0 Å². The standard InChI is InChI=1S/C7H9NO6S3/c8-17(13,14)5-1-3-6(10)4(9)2-16(11,12)7(3)15-5/h1,4,6,9-10H,2H2,(H2,8,13,14). The van der Waals surface area contributed by atoms with Gasteiger partial charge in [0.1, 0.15) is 14.5 Å². The van der Waals surface area contributed by atoms with Crippen molar-refractivity contribution in [3.05, 3.63) is 11.6 Å². The number of hydrogen-bond acceptors (Lipinski definition) is 7. The molecule has 0 saturated carbocycles. The van der Waals surface area contributed by atoms with E-state index in [4.69, 9.17) is 5.14 Å². The van der Waals surface area contributed by atoms with Crippen molar-refractivity contribution in [3.8, 4) is 0 Å². The maximum Gasteiger partial charge on any atom is 0.247 e. The number of aliphatic hydroxyl groups excluding tert-OH is 2. The molecule has 2 heterocycles. The fraction of sp³-hybridized carbons (Fsp3) is 0.429. The summed E-state index contributed by atoms with van der Waals surface area (Å²) in [4.78, 5) is 0. The topological polar surface area (TPSA) is 135 Å². The second-order valence-electron chi connectivity index (χ2n) is 3.65. The summed E-state index contributed by atoms with van der Waals surface area (Å²) in [5.74, 6) is -0.633. The molecule has 0 radical (unpaired) electrons. The zero-order valence-electron chi connectivity index (χ0n) is 8.27. The summed E-state index contributed by atoms with van der Waals surface area (Å²) in [6, 6.07) is 0.986. The number of nitrogens with two attached hydrogens (primary N) is 1. The summed E-state index contributed by atoms with van der Waals surface area (Å²) in [5.41, 5.74) is -0.113. The van der Waals surface area contributed by atoms with Gasteiger partial charge in [-0.2, -0.15) is 0 Å². The van der Waals surface area contributed by atoms with E-state index in [1.54, 1.807) is 0 Å². The highest BCUT2D eigenvalue weighted by Gasteiger charge is 2.39. The molecule has 0 spiro atoms. The van der Waals surface area contributed by atoms with Gasteiger partial charge in [0.05, 0.1) is 11.9 Å². The summed E-state index contributed by atoms with van der Waals surface area (Å²) in [6.07, 6.45) is -2.88. The Kier molecular flexibility index (Phi) is 2.84. The average Bonchev–Trinajstić information content (AvgIpc) is 2.58. The number of aliphatic hydroxyl groups is 2. The molecule has 1 aliphatic heterocycles. The van der Waals surface area contributed by atoms with Crippen molar-refractivity contribution in [3.63, 3.8) is 0 Å². The highest BCUT2D eigenvalue weighted by Crippen LogP contribution is 2.39. The Balaban J connectivity index is 2.72. The van der Waals surface area contributed by atoms with Crippen molar-refractivity contribution in [1.29, 1.82) is 0 Å². The van der Waals surface area contributed by atoms with Gasteiger partial charge in [0.15, 0.2) is 9.84 Å². The van der Waals surface area contributed by atoms with Crippen LogP contribution < -0.4 is 5.14 Å². The van der Waals surface area contributed by atoms with Crippen LogP contribution in [0.1, 0.15) is 11.7 Å². The fourth-order valence-electron chi connectivity index (χ4n) is 1.55. The lowest BCUT2D eigenvalue weighted by atomic mass is 10.1. The van der Waals surface area contributed by atoms with E-state index in [0.717, 1.165) is 6.07 Å². The summed E-state index contributed by atoms with van der Waals surface area (Å²) >= 11 is 0.483. The molecule has 96 valence electrons. The molecule has 2 atom stereocenters. The summed E-state index contributed by atoms with van der Waals surface area (Å²) in [7, 11) is -7.80. The third kappa shape index (κ3) is 2.11. The van der Waals surface area contributed by atoms with Crippen LogP contribution in [0, 0.1) is 0 Å². The first kappa shape index (κ1) is 12.9. The molecule has 1 aliphatic rings. The smallest absolute Gasteiger partial charge is 0.247 e. The summed E-state index contributed by atoms with van der Waals surface area (Å²) < 4.78 is 44.9. The van der Waals surface area contributed by atoms with Crippen molar-refractivity contribution in [1.82, 2.24) is 0 Å². The second kappa shape index (κ2) is 3.73. The van der Waals surface area contributed by atoms with Gasteiger partial charge in [-0.15, -0.1) is 11.3 Å². The van der Waals surface area contributed by atoms with E-state index in [9.17, 15) is 27.0 Å². The Morgan fingerprint density at radius 2 is 2.00 bits per heavy atom. The van der Waals surface area contributed by atoms with Gasteiger partial charge in [-0.1, -0.05) is 0 Å². The third-order valence-corrected chi connectivity index (χ3v) is 7.30. The van der Waals surface area contributed by atoms with Gasteiger partial charge in [-0.3, -0.25) is 0 Å². The minimum atomic E-state index is -4.03. The SMILES string of the molecule is NS(=O)(=O)c1cc2c(s1)S(=O)(=O)CC(O)C2O. The zero-order valence-corrected chi connectivity index (χ0v) is 10.7. The number of primary sulfonamides is 1. The van der Waals surface area contributed by atoms with Crippen molar-refractivity contribution in [2.75, 3.05) is 5.75 Å². The molecule has 2 unspecified atom stereocenters. The van der Waals surface area contributed by atoms with Gasteiger partial charge in [0.2, 0.25) is 10.0 Å². The van der Waals surface area contributed by atoms with Gasteiger partial charge in [0, 0.05) is 5.56 Å². The Hall–Kier alpha value is -0.520. The number of fused-ring (bicyclic) bond motifs is 1. The zero-order chi connectivity index (χ0) is 13.0. The number of hydrogen-bond donors (Lipinski definition) is 3. The minimum absolute atomic E-state index is 0.113. The van der Waals surface area contributed by atoms with Crippen LogP contribution >= 0.6 is 11.3 Å². The second-order valence-corrected chi connectivity index (χ2v) is 8.72. The molecule has 10 heteroatoms. The molecule has 2 rings (SSSR count). The Morgan fingerprint density at radius 3 is 2.53 bits per heavy atom. The lowest BCUT2D eigenvalue weighted by molar-refractivity contribution is 0.0285. The largest absolute Gasteiger partial charge is 0.389 e. The molecular weight excluding hydrogens is 290 g/mol. The van der Waals surface area contributed by atoms with Crippen molar-refractivity contribution >= 4 is 31.2 Å². The first-order valence-electron chi connectivity index (χ1n) is 4.38. The maximum atomic E-state index is 11.7. The van der Waals surface area contributed by atoms with Gasteiger partial charge >= 0.3 is 0 Å². The molecule has 0 saturated heterocycles. The minimum Gasteiger partial charge on any atom is -0.389 e. The number of rotatable bonds is 1. The van der Waals surface area contributed by atoms with Crippen LogP contribution in [0.5, 0.6) is 0 Å². The number of thiophene rings is 1. The Labute approximate surface area is 101 Å². The van der Waals surface area contributed by atoms with Crippen LogP contribution in [0.3, 0.4) is 0 Å². The van der Waals surface area contributed by atoms with Crippen molar-refractivity contribution in [2.24, 2.45) is 5.14 Å². The first-order valence-corrected chi connectivity index (χ1v) is 8.40. The predicted molar refractivity (Wildman–Crippen MR) is 58.7 cm³/mol. The molecule has 0 aliphatic carbocycles. The van der Waals surface area contributed by atoms with E-state index in [2.05, 4.69) is 0 Å². The van der Waals surface area contributed by atoms with Gasteiger partial charge in [-0.05, 0) is 6.07 Å². The van der Waals surface area contributed by atoms with Crippen LogP contribution in [0.15, 0.2) is 14.5 Å². The molecule has 0 aromatic carbocycles. The molecule has 4 N–H and O–H groups in total. The molecule has 0 fully saturated rings. The lowest BCUT2D eigenvalue weighted by Gasteiger charge is -2.23. The summed E-state index contributed by atoms with van der Waals surface area (Å²) in [5, 5.41) is 23.8. The van der Waals surface area contributed by atoms with Gasteiger partial charge in [-0.25, -0.2) is 22.0 Å². The quantitative estimate of drug-likeness (QED) is 0.582. The molecule has 7 nitrogen and oxygen atoms in total. The first-order chi connectivity index (χ1) is 7.63.